The lowest BCUT2D eigenvalue weighted by molar-refractivity contribution is 0.0488. The van der Waals surface area contributed by atoms with E-state index in [9.17, 15) is 5.11 Å². The topological polar surface area (TPSA) is 50.1 Å². The molecular weight excluding hydrogens is 318 g/mol. The molecule has 1 heterocycles. The number of aliphatic hydroxyl groups is 1. The zero-order valence-electron chi connectivity index (χ0n) is 13.3. The zero-order chi connectivity index (χ0) is 15.3. The molecule has 1 rings (SSSR count). The molecule has 1 aromatic heterocycles. The summed E-state index contributed by atoms with van der Waals surface area (Å²) in [7, 11) is 0. The first-order valence-electron chi connectivity index (χ1n) is 7.50. The van der Waals surface area contributed by atoms with E-state index in [1.807, 2.05) is 11.6 Å². The van der Waals surface area contributed by atoms with E-state index >= 15 is 0 Å². The zero-order valence-corrected chi connectivity index (χ0v) is 14.9. The predicted molar refractivity (Wildman–Crippen MR) is 87.1 cm³/mol. The molecule has 0 aromatic carbocycles. The van der Waals surface area contributed by atoms with Crippen molar-refractivity contribution in [1.82, 2.24) is 15.1 Å². The minimum atomic E-state index is -0.720. The van der Waals surface area contributed by atoms with Gasteiger partial charge in [0.05, 0.1) is 21.5 Å². The summed E-state index contributed by atoms with van der Waals surface area (Å²) in [4.78, 5) is 0. The molecule has 20 heavy (non-hydrogen) atoms. The monoisotopic (exact) mass is 345 g/mol. The van der Waals surface area contributed by atoms with Crippen LogP contribution in [0.2, 0.25) is 0 Å². The van der Waals surface area contributed by atoms with Crippen molar-refractivity contribution >= 4 is 15.9 Å². The SMILES string of the molecule is CCc1nn(CC)c(CC(C)(O)CCNC(C)C)c1Br. The molecule has 0 aliphatic rings. The fourth-order valence-corrected chi connectivity index (χ4v) is 2.97. The predicted octanol–water partition coefficient (Wildman–Crippen LogP) is 2.91. The number of hydrogen-bond donors (Lipinski definition) is 2. The van der Waals surface area contributed by atoms with Gasteiger partial charge in [0.15, 0.2) is 0 Å². The van der Waals surface area contributed by atoms with Crippen molar-refractivity contribution < 1.29 is 5.11 Å². The first-order chi connectivity index (χ1) is 9.30. The van der Waals surface area contributed by atoms with Crippen molar-refractivity contribution in [2.75, 3.05) is 6.54 Å². The van der Waals surface area contributed by atoms with Crippen LogP contribution in [0.15, 0.2) is 4.47 Å². The van der Waals surface area contributed by atoms with Crippen LogP contribution >= 0.6 is 15.9 Å². The van der Waals surface area contributed by atoms with Gasteiger partial charge in [0.25, 0.3) is 0 Å². The Labute approximate surface area is 131 Å². The Kier molecular flexibility index (Phi) is 6.69. The van der Waals surface area contributed by atoms with E-state index in [-0.39, 0.29) is 0 Å². The number of aromatic nitrogens is 2. The molecule has 0 amide bonds. The molecule has 0 aliphatic carbocycles. The Balaban J connectivity index is 2.77. The Morgan fingerprint density at radius 2 is 2.05 bits per heavy atom. The van der Waals surface area contributed by atoms with E-state index in [1.165, 1.54) is 0 Å². The van der Waals surface area contributed by atoms with Gasteiger partial charge in [-0.15, -0.1) is 0 Å². The van der Waals surface area contributed by atoms with Crippen molar-refractivity contribution in [3.8, 4) is 0 Å². The van der Waals surface area contributed by atoms with Gasteiger partial charge in [-0.1, -0.05) is 20.8 Å². The molecule has 1 unspecified atom stereocenters. The van der Waals surface area contributed by atoms with Gasteiger partial charge in [-0.2, -0.15) is 5.10 Å². The molecule has 0 aliphatic heterocycles. The second kappa shape index (κ2) is 7.57. The van der Waals surface area contributed by atoms with Crippen molar-refractivity contribution in [1.29, 1.82) is 0 Å². The maximum Gasteiger partial charge on any atom is 0.0766 e. The van der Waals surface area contributed by atoms with Gasteiger partial charge in [0.2, 0.25) is 0 Å². The average Bonchev–Trinajstić information content (AvgIpc) is 2.65. The van der Waals surface area contributed by atoms with Crippen LogP contribution < -0.4 is 5.32 Å². The highest BCUT2D eigenvalue weighted by atomic mass is 79.9. The lowest BCUT2D eigenvalue weighted by atomic mass is 9.95. The third kappa shape index (κ3) is 4.86. The van der Waals surface area contributed by atoms with Gasteiger partial charge in [-0.05, 0) is 49.2 Å². The number of halogens is 1. The van der Waals surface area contributed by atoms with Crippen LogP contribution in [0.5, 0.6) is 0 Å². The summed E-state index contributed by atoms with van der Waals surface area (Å²) in [5.41, 5.74) is 1.44. The second-order valence-corrected chi connectivity index (χ2v) is 6.70. The lowest BCUT2D eigenvalue weighted by Gasteiger charge is -2.24. The summed E-state index contributed by atoms with van der Waals surface area (Å²) in [6, 6.07) is 0.449. The fourth-order valence-electron chi connectivity index (χ4n) is 2.27. The first kappa shape index (κ1) is 17.7. The van der Waals surface area contributed by atoms with Crippen molar-refractivity contribution in [2.24, 2.45) is 0 Å². The van der Waals surface area contributed by atoms with Crippen LogP contribution in [0.25, 0.3) is 0 Å². The highest BCUT2D eigenvalue weighted by Crippen LogP contribution is 2.27. The van der Waals surface area contributed by atoms with Gasteiger partial charge < -0.3 is 10.4 Å². The largest absolute Gasteiger partial charge is 0.390 e. The molecule has 0 saturated carbocycles. The molecule has 116 valence electrons. The highest BCUT2D eigenvalue weighted by Gasteiger charge is 2.25. The first-order valence-corrected chi connectivity index (χ1v) is 8.29. The normalized spacial score (nSPS) is 14.8. The van der Waals surface area contributed by atoms with Gasteiger partial charge in [0, 0.05) is 19.0 Å². The summed E-state index contributed by atoms with van der Waals surface area (Å²) in [6.45, 7) is 12.0. The quantitative estimate of drug-likeness (QED) is 0.761. The second-order valence-electron chi connectivity index (χ2n) is 5.91. The van der Waals surface area contributed by atoms with Crippen molar-refractivity contribution in [3.05, 3.63) is 15.9 Å². The number of nitrogens with zero attached hydrogens (tertiary/aromatic N) is 2. The fraction of sp³-hybridized carbons (Fsp3) is 0.800. The maximum absolute atomic E-state index is 10.6. The van der Waals surface area contributed by atoms with Gasteiger partial charge in [-0.3, -0.25) is 4.68 Å². The number of nitrogens with one attached hydrogen (secondary N) is 1. The third-order valence-corrected chi connectivity index (χ3v) is 4.37. The van der Waals surface area contributed by atoms with Crippen LogP contribution in [0.1, 0.15) is 52.4 Å². The molecule has 1 atom stereocenters. The van der Waals surface area contributed by atoms with Crippen molar-refractivity contribution in [2.45, 2.75) is 72.1 Å². The van der Waals surface area contributed by atoms with E-state index < -0.39 is 5.60 Å². The Morgan fingerprint density at radius 1 is 1.40 bits per heavy atom. The highest BCUT2D eigenvalue weighted by molar-refractivity contribution is 9.10. The molecule has 2 N–H and O–H groups in total. The van der Waals surface area contributed by atoms with Gasteiger partial charge in [-0.25, -0.2) is 0 Å². The molecule has 0 spiro atoms. The van der Waals surface area contributed by atoms with Crippen LogP contribution in [0, 0.1) is 0 Å². The van der Waals surface area contributed by atoms with E-state index in [0.717, 1.165) is 41.8 Å². The van der Waals surface area contributed by atoms with E-state index in [0.29, 0.717) is 12.5 Å². The summed E-state index contributed by atoms with van der Waals surface area (Å²) >= 11 is 3.64. The molecular formula is C15H28BrN3O. The standard InChI is InChI=1S/C15H28BrN3O/c1-6-12-14(16)13(19(7-2)18-12)10-15(5,20)8-9-17-11(3)4/h11,17,20H,6-10H2,1-5H3. The smallest absolute Gasteiger partial charge is 0.0766 e. The Morgan fingerprint density at radius 3 is 2.55 bits per heavy atom. The maximum atomic E-state index is 10.6. The summed E-state index contributed by atoms with van der Waals surface area (Å²) in [6.07, 6.45) is 2.25. The number of rotatable bonds is 8. The summed E-state index contributed by atoms with van der Waals surface area (Å²) in [5, 5.41) is 18.5. The minimum Gasteiger partial charge on any atom is -0.390 e. The van der Waals surface area contributed by atoms with Gasteiger partial charge >= 0.3 is 0 Å². The molecule has 5 heteroatoms. The molecule has 0 radical (unpaired) electrons. The van der Waals surface area contributed by atoms with E-state index in [1.54, 1.807) is 0 Å². The molecule has 0 bridgehead atoms. The average molecular weight is 346 g/mol. The van der Waals surface area contributed by atoms with Crippen LogP contribution in [0.3, 0.4) is 0 Å². The summed E-state index contributed by atoms with van der Waals surface area (Å²) < 4.78 is 3.05. The number of aryl methyl sites for hydroxylation is 2. The van der Waals surface area contributed by atoms with Crippen LogP contribution in [0.4, 0.5) is 0 Å². The molecule has 0 fully saturated rings. The number of hydrogen-bond acceptors (Lipinski definition) is 3. The molecule has 1 aromatic rings. The van der Waals surface area contributed by atoms with E-state index in [4.69, 9.17) is 0 Å². The Hall–Kier alpha value is -0.390. The van der Waals surface area contributed by atoms with Crippen LogP contribution in [-0.4, -0.2) is 33.1 Å². The van der Waals surface area contributed by atoms with Crippen molar-refractivity contribution in [3.63, 3.8) is 0 Å². The molecule has 0 saturated heterocycles. The third-order valence-electron chi connectivity index (χ3n) is 3.46. The minimum absolute atomic E-state index is 0.449. The molecule has 4 nitrogen and oxygen atoms in total. The summed E-state index contributed by atoms with van der Waals surface area (Å²) in [5.74, 6) is 0. The Bertz CT molecular complexity index is 427. The van der Waals surface area contributed by atoms with E-state index in [2.05, 4.69) is 54.0 Å². The van der Waals surface area contributed by atoms with Crippen LogP contribution in [-0.2, 0) is 19.4 Å². The lowest BCUT2D eigenvalue weighted by Crippen LogP contribution is -2.35. The van der Waals surface area contributed by atoms with Gasteiger partial charge in [0.1, 0.15) is 0 Å².